The molecule has 0 spiro atoms. The molecule has 1 rings (SSSR count). The predicted octanol–water partition coefficient (Wildman–Crippen LogP) is 3.04. The molecule has 0 bridgehead atoms. The largest absolute Gasteiger partial charge is 0.418 e. The molecule has 3 N–H and O–H groups in total. The van der Waals surface area contributed by atoms with E-state index in [9.17, 15) is 13.2 Å². The van der Waals surface area contributed by atoms with E-state index in [2.05, 4.69) is 5.32 Å². The number of alkyl halides is 3. The molecule has 0 amide bonds. The van der Waals surface area contributed by atoms with Gasteiger partial charge in [-0.1, -0.05) is 0 Å². The number of rotatable bonds is 5. The van der Waals surface area contributed by atoms with Crippen LogP contribution in [0.5, 0.6) is 0 Å². The highest BCUT2D eigenvalue weighted by atomic mass is 19.4. The zero-order valence-electron chi connectivity index (χ0n) is 11.4. The van der Waals surface area contributed by atoms with E-state index in [1.165, 1.54) is 6.07 Å². The average Bonchev–Trinajstić information content (AvgIpc) is 2.27. The minimum atomic E-state index is -4.42. The standard InChI is InChI=1S/C13H20F3N3/c1-9(6-7-19(2)3)18-10-4-5-12(17)11(8-10)13(14,15)16/h4-5,8-9,18H,6-7,17H2,1-3H3. The summed E-state index contributed by atoms with van der Waals surface area (Å²) < 4.78 is 38.1. The van der Waals surface area contributed by atoms with Crippen molar-refractivity contribution in [2.45, 2.75) is 25.6 Å². The molecule has 108 valence electrons. The smallest absolute Gasteiger partial charge is 0.398 e. The second kappa shape index (κ2) is 6.14. The van der Waals surface area contributed by atoms with Crippen LogP contribution in [0.3, 0.4) is 0 Å². The van der Waals surface area contributed by atoms with Gasteiger partial charge in [-0.2, -0.15) is 13.2 Å². The first kappa shape index (κ1) is 15.6. The number of benzene rings is 1. The van der Waals surface area contributed by atoms with Gasteiger partial charge in [0.05, 0.1) is 5.56 Å². The molecule has 3 nitrogen and oxygen atoms in total. The number of anilines is 2. The molecule has 0 radical (unpaired) electrons. The summed E-state index contributed by atoms with van der Waals surface area (Å²) in [5, 5.41) is 3.05. The Morgan fingerprint density at radius 1 is 1.32 bits per heavy atom. The maximum absolute atomic E-state index is 12.7. The monoisotopic (exact) mass is 275 g/mol. The van der Waals surface area contributed by atoms with Crippen molar-refractivity contribution in [1.82, 2.24) is 4.90 Å². The number of hydrogen-bond acceptors (Lipinski definition) is 3. The molecule has 1 unspecified atom stereocenters. The Kier molecular flexibility index (Phi) is 5.05. The highest BCUT2D eigenvalue weighted by Gasteiger charge is 2.33. The highest BCUT2D eigenvalue weighted by molar-refractivity contribution is 5.58. The minimum Gasteiger partial charge on any atom is -0.398 e. The first-order valence-electron chi connectivity index (χ1n) is 6.08. The molecule has 0 saturated carbocycles. The number of nitrogens with one attached hydrogen (secondary N) is 1. The molecule has 1 atom stereocenters. The lowest BCUT2D eigenvalue weighted by molar-refractivity contribution is -0.136. The van der Waals surface area contributed by atoms with E-state index in [0.29, 0.717) is 5.69 Å². The first-order chi connectivity index (χ1) is 8.70. The van der Waals surface area contributed by atoms with E-state index >= 15 is 0 Å². The van der Waals surface area contributed by atoms with Gasteiger partial charge in [-0.15, -0.1) is 0 Å². The lowest BCUT2D eigenvalue weighted by Gasteiger charge is -2.19. The van der Waals surface area contributed by atoms with Crippen molar-refractivity contribution in [3.8, 4) is 0 Å². The third-order valence-electron chi connectivity index (χ3n) is 2.78. The van der Waals surface area contributed by atoms with Crippen LogP contribution in [0.15, 0.2) is 18.2 Å². The van der Waals surface area contributed by atoms with Gasteiger partial charge < -0.3 is 16.0 Å². The number of nitrogens with zero attached hydrogens (tertiary/aromatic N) is 1. The fourth-order valence-electron chi connectivity index (χ4n) is 1.70. The van der Waals surface area contributed by atoms with Crippen molar-refractivity contribution in [3.05, 3.63) is 23.8 Å². The van der Waals surface area contributed by atoms with Crippen LogP contribution in [0.1, 0.15) is 18.9 Å². The predicted molar refractivity (Wildman–Crippen MR) is 72.1 cm³/mol. The van der Waals surface area contributed by atoms with Crippen molar-refractivity contribution in [2.75, 3.05) is 31.7 Å². The quantitative estimate of drug-likeness (QED) is 0.812. The summed E-state index contributed by atoms with van der Waals surface area (Å²) in [6.07, 6.45) is -3.58. The van der Waals surface area contributed by atoms with Crippen LogP contribution in [0.2, 0.25) is 0 Å². The number of nitrogens with two attached hydrogens (primary N) is 1. The normalized spacial score (nSPS) is 13.6. The van der Waals surface area contributed by atoms with Crippen LogP contribution in [-0.2, 0) is 6.18 Å². The molecule has 0 aliphatic carbocycles. The Balaban J connectivity index is 2.75. The van der Waals surface area contributed by atoms with E-state index in [1.807, 2.05) is 25.9 Å². The maximum atomic E-state index is 12.7. The van der Waals surface area contributed by atoms with Gasteiger partial charge in [0.2, 0.25) is 0 Å². The fourth-order valence-corrected chi connectivity index (χ4v) is 1.70. The number of nitrogen functional groups attached to an aromatic ring is 1. The van der Waals surface area contributed by atoms with Gasteiger partial charge in [-0.25, -0.2) is 0 Å². The second-order valence-corrected chi connectivity index (χ2v) is 4.94. The highest BCUT2D eigenvalue weighted by Crippen LogP contribution is 2.35. The van der Waals surface area contributed by atoms with E-state index in [-0.39, 0.29) is 11.7 Å². The summed E-state index contributed by atoms with van der Waals surface area (Å²) in [4.78, 5) is 2.03. The van der Waals surface area contributed by atoms with Crippen LogP contribution in [0, 0.1) is 0 Å². The molecule has 0 saturated heterocycles. The van der Waals surface area contributed by atoms with Crippen molar-refractivity contribution in [3.63, 3.8) is 0 Å². The Bertz CT molecular complexity index is 416. The van der Waals surface area contributed by atoms with Gasteiger partial charge in [0.25, 0.3) is 0 Å². The molecule has 1 aromatic carbocycles. The Morgan fingerprint density at radius 3 is 2.47 bits per heavy atom. The van der Waals surface area contributed by atoms with Gasteiger partial charge in [0, 0.05) is 17.4 Å². The first-order valence-corrected chi connectivity index (χ1v) is 6.08. The Hall–Kier alpha value is -1.43. The van der Waals surface area contributed by atoms with Crippen molar-refractivity contribution in [1.29, 1.82) is 0 Å². The van der Waals surface area contributed by atoms with Gasteiger partial charge in [-0.05, 0) is 52.2 Å². The summed E-state index contributed by atoms with van der Waals surface area (Å²) in [5.41, 5.74) is 4.74. The number of hydrogen-bond donors (Lipinski definition) is 2. The number of halogens is 3. The molecule has 6 heteroatoms. The maximum Gasteiger partial charge on any atom is 0.418 e. The SMILES string of the molecule is CC(CCN(C)C)Nc1ccc(N)c(C(F)(F)F)c1. The van der Waals surface area contributed by atoms with Gasteiger partial charge in [0.1, 0.15) is 0 Å². The molecular formula is C13H20F3N3. The van der Waals surface area contributed by atoms with Crippen LogP contribution in [-0.4, -0.2) is 31.6 Å². The summed E-state index contributed by atoms with van der Waals surface area (Å²) in [6, 6.07) is 3.99. The molecule has 0 aromatic heterocycles. The molecule has 0 aliphatic heterocycles. The molecule has 1 aromatic rings. The Labute approximate surface area is 111 Å². The van der Waals surface area contributed by atoms with E-state index in [1.54, 1.807) is 6.07 Å². The second-order valence-electron chi connectivity index (χ2n) is 4.94. The van der Waals surface area contributed by atoms with E-state index < -0.39 is 11.7 Å². The summed E-state index contributed by atoms with van der Waals surface area (Å²) in [5.74, 6) is 0. The molecule has 0 aliphatic rings. The molecule has 19 heavy (non-hydrogen) atoms. The fraction of sp³-hybridized carbons (Fsp3) is 0.538. The van der Waals surface area contributed by atoms with Crippen LogP contribution < -0.4 is 11.1 Å². The van der Waals surface area contributed by atoms with Crippen molar-refractivity contribution in [2.24, 2.45) is 0 Å². The van der Waals surface area contributed by atoms with Crippen molar-refractivity contribution < 1.29 is 13.2 Å². The van der Waals surface area contributed by atoms with Gasteiger partial charge in [0.15, 0.2) is 0 Å². The topological polar surface area (TPSA) is 41.3 Å². The lowest BCUT2D eigenvalue weighted by atomic mass is 10.1. The average molecular weight is 275 g/mol. The lowest BCUT2D eigenvalue weighted by Crippen LogP contribution is -2.23. The van der Waals surface area contributed by atoms with Crippen LogP contribution >= 0.6 is 0 Å². The molecular weight excluding hydrogens is 255 g/mol. The summed E-state index contributed by atoms with van der Waals surface area (Å²) in [7, 11) is 3.91. The van der Waals surface area contributed by atoms with E-state index in [0.717, 1.165) is 19.0 Å². The summed E-state index contributed by atoms with van der Waals surface area (Å²) >= 11 is 0. The van der Waals surface area contributed by atoms with Crippen LogP contribution in [0.4, 0.5) is 24.5 Å². The third kappa shape index (κ3) is 4.98. The summed E-state index contributed by atoms with van der Waals surface area (Å²) in [6.45, 7) is 2.81. The zero-order chi connectivity index (χ0) is 14.6. The van der Waals surface area contributed by atoms with Crippen LogP contribution in [0.25, 0.3) is 0 Å². The van der Waals surface area contributed by atoms with E-state index in [4.69, 9.17) is 5.73 Å². The third-order valence-corrected chi connectivity index (χ3v) is 2.78. The molecule has 0 fully saturated rings. The van der Waals surface area contributed by atoms with Gasteiger partial charge in [-0.3, -0.25) is 0 Å². The van der Waals surface area contributed by atoms with Crippen molar-refractivity contribution >= 4 is 11.4 Å². The zero-order valence-corrected chi connectivity index (χ0v) is 11.4. The minimum absolute atomic E-state index is 0.0899. The molecule has 0 heterocycles. The Morgan fingerprint density at radius 2 is 1.95 bits per heavy atom. The van der Waals surface area contributed by atoms with Gasteiger partial charge >= 0.3 is 6.18 Å².